The summed E-state index contributed by atoms with van der Waals surface area (Å²) in [4.78, 5) is 24.1. The number of benzene rings is 1. The maximum atomic E-state index is 11.6. The number of rotatable bonds is 1. The van der Waals surface area contributed by atoms with Gasteiger partial charge in [0.05, 0.1) is 19.2 Å². The molecule has 0 radical (unpaired) electrons. The molecule has 0 unspecified atom stereocenters. The fourth-order valence-electron chi connectivity index (χ4n) is 1.77. The van der Waals surface area contributed by atoms with E-state index in [1.165, 1.54) is 7.11 Å². The van der Waals surface area contributed by atoms with Crippen LogP contribution < -0.4 is 10.2 Å². The molecule has 0 saturated carbocycles. The zero-order chi connectivity index (χ0) is 11.7. The Balaban J connectivity index is 2.42. The van der Waals surface area contributed by atoms with Crippen molar-refractivity contribution in [1.29, 1.82) is 0 Å². The highest BCUT2D eigenvalue weighted by atomic mass is 16.5. The van der Waals surface area contributed by atoms with E-state index in [2.05, 4.69) is 10.1 Å². The summed E-state index contributed by atoms with van der Waals surface area (Å²) >= 11 is 0. The number of hydrogen-bond donors (Lipinski definition) is 1. The lowest BCUT2D eigenvalue weighted by Crippen LogP contribution is -2.33. The molecule has 5 nitrogen and oxygen atoms in total. The van der Waals surface area contributed by atoms with Gasteiger partial charge in [0.1, 0.15) is 0 Å². The summed E-state index contributed by atoms with van der Waals surface area (Å²) in [6.45, 7) is 0. The minimum Gasteiger partial charge on any atom is -0.452 e. The van der Waals surface area contributed by atoms with E-state index in [1.807, 2.05) is 12.1 Å². The molecule has 1 aromatic rings. The highest BCUT2D eigenvalue weighted by molar-refractivity contribution is 6.17. The van der Waals surface area contributed by atoms with Crippen molar-refractivity contribution in [1.82, 2.24) is 0 Å². The molecule has 16 heavy (non-hydrogen) atoms. The third kappa shape index (κ3) is 1.50. The quantitative estimate of drug-likeness (QED) is 0.776. The molecule has 1 aromatic carbocycles. The van der Waals surface area contributed by atoms with Crippen LogP contribution in [0.4, 0.5) is 16.2 Å². The highest BCUT2D eigenvalue weighted by Crippen LogP contribution is 2.31. The van der Waals surface area contributed by atoms with E-state index in [9.17, 15) is 9.59 Å². The Hall–Kier alpha value is -2.04. The van der Waals surface area contributed by atoms with Crippen LogP contribution in [0.25, 0.3) is 0 Å². The standard InChI is InChI=1S/C11H12N2O3/c1-12-8-3-4-9-7(5-8)6-10(14)13(9)11(15)16-2/h3-5,12H,6H2,1-2H3. The smallest absolute Gasteiger partial charge is 0.420 e. The highest BCUT2D eigenvalue weighted by Gasteiger charge is 2.33. The number of ether oxygens (including phenoxy) is 1. The Kier molecular flexibility index (Phi) is 2.52. The second-order valence-electron chi connectivity index (χ2n) is 3.47. The van der Waals surface area contributed by atoms with Crippen LogP contribution in [0.1, 0.15) is 5.56 Å². The summed E-state index contributed by atoms with van der Waals surface area (Å²) in [5, 5.41) is 2.98. The van der Waals surface area contributed by atoms with Gasteiger partial charge in [-0.2, -0.15) is 0 Å². The maximum absolute atomic E-state index is 11.6. The lowest BCUT2D eigenvalue weighted by Gasteiger charge is -2.13. The molecule has 0 atom stereocenters. The summed E-state index contributed by atoms with van der Waals surface area (Å²) in [7, 11) is 3.06. The lowest BCUT2D eigenvalue weighted by atomic mass is 10.1. The van der Waals surface area contributed by atoms with Crippen LogP contribution in [0.15, 0.2) is 18.2 Å². The van der Waals surface area contributed by atoms with E-state index < -0.39 is 6.09 Å². The first-order valence-corrected chi connectivity index (χ1v) is 4.89. The Morgan fingerprint density at radius 1 is 1.50 bits per heavy atom. The van der Waals surface area contributed by atoms with Gasteiger partial charge in [-0.25, -0.2) is 9.69 Å². The third-order valence-corrected chi connectivity index (χ3v) is 2.56. The summed E-state index contributed by atoms with van der Waals surface area (Å²) in [5.41, 5.74) is 2.36. The number of amides is 2. The van der Waals surface area contributed by atoms with Crippen molar-refractivity contribution in [2.45, 2.75) is 6.42 Å². The third-order valence-electron chi connectivity index (χ3n) is 2.56. The zero-order valence-corrected chi connectivity index (χ0v) is 9.11. The van der Waals surface area contributed by atoms with Crippen LogP contribution in [-0.2, 0) is 16.0 Å². The largest absolute Gasteiger partial charge is 0.452 e. The lowest BCUT2D eigenvalue weighted by molar-refractivity contribution is -0.116. The molecule has 84 valence electrons. The molecule has 1 N–H and O–H groups in total. The van der Waals surface area contributed by atoms with E-state index in [0.29, 0.717) is 5.69 Å². The van der Waals surface area contributed by atoms with E-state index in [1.54, 1.807) is 13.1 Å². The zero-order valence-electron chi connectivity index (χ0n) is 9.11. The van der Waals surface area contributed by atoms with Crippen LogP contribution in [0.5, 0.6) is 0 Å². The van der Waals surface area contributed by atoms with Gasteiger partial charge in [0.15, 0.2) is 0 Å². The van der Waals surface area contributed by atoms with Crippen molar-refractivity contribution >= 4 is 23.4 Å². The fourth-order valence-corrected chi connectivity index (χ4v) is 1.77. The molecule has 2 amide bonds. The molecule has 1 aliphatic rings. The van der Waals surface area contributed by atoms with Gasteiger partial charge in [0.25, 0.3) is 0 Å². The second kappa shape index (κ2) is 3.84. The maximum Gasteiger partial charge on any atom is 0.420 e. The molecule has 1 heterocycles. The minimum atomic E-state index is -0.638. The van der Waals surface area contributed by atoms with Gasteiger partial charge in [0, 0.05) is 12.7 Å². The summed E-state index contributed by atoms with van der Waals surface area (Å²) in [6.07, 6.45) is -0.402. The number of imide groups is 1. The molecular formula is C11H12N2O3. The van der Waals surface area contributed by atoms with E-state index in [-0.39, 0.29) is 12.3 Å². The molecule has 0 bridgehead atoms. The van der Waals surface area contributed by atoms with Crippen LogP contribution in [0, 0.1) is 0 Å². The predicted octanol–water partition coefficient (Wildman–Crippen LogP) is 1.38. The number of fused-ring (bicyclic) bond motifs is 1. The first kappa shape index (κ1) is 10.5. The van der Waals surface area contributed by atoms with Crippen molar-refractivity contribution in [2.75, 3.05) is 24.4 Å². The van der Waals surface area contributed by atoms with Crippen molar-refractivity contribution in [3.05, 3.63) is 23.8 Å². The number of nitrogens with zero attached hydrogens (tertiary/aromatic N) is 1. The van der Waals surface area contributed by atoms with Gasteiger partial charge in [0.2, 0.25) is 5.91 Å². The molecule has 5 heteroatoms. The van der Waals surface area contributed by atoms with Crippen LogP contribution >= 0.6 is 0 Å². The average Bonchev–Trinajstić information content (AvgIpc) is 2.62. The van der Waals surface area contributed by atoms with E-state index >= 15 is 0 Å². The van der Waals surface area contributed by atoms with Crippen molar-refractivity contribution in [3.8, 4) is 0 Å². The molecule has 0 spiro atoms. The molecule has 0 aliphatic carbocycles. The Bertz CT molecular complexity index is 457. The minimum absolute atomic E-state index is 0.236. The molecular weight excluding hydrogens is 208 g/mol. The molecule has 0 aromatic heterocycles. The number of carbonyl (C=O) groups is 2. The SMILES string of the molecule is CNc1ccc2c(c1)CC(=O)N2C(=O)OC. The number of nitrogens with one attached hydrogen (secondary N) is 1. The van der Waals surface area contributed by atoms with Crippen LogP contribution in [0.2, 0.25) is 0 Å². The predicted molar refractivity (Wildman–Crippen MR) is 59.6 cm³/mol. The normalized spacial score (nSPS) is 13.6. The Labute approximate surface area is 93.0 Å². The second-order valence-corrected chi connectivity index (χ2v) is 3.47. The molecule has 1 aliphatic heterocycles. The van der Waals surface area contributed by atoms with Gasteiger partial charge in [-0.05, 0) is 23.8 Å². The Morgan fingerprint density at radius 2 is 2.25 bits per heavy atom. The number of carbonyl (C=O) groups excluding carboxylic acids is 2. The summed E-state index contributed by atoms with van der Waals surface area (Å²) in [6, 6.07) is 5.41. The Morgan fingerprint density at radius 3 is 2.88 bits per heavy atom. The van der Waals surface area contributed by atoms with Gasteiger partial charge in [-0.1, -0.05) is 0 Å². The number of hydrogen-bond acceptors (Lipinski definition) is 4. The molecule has 0 saturated heterocycles. The van der Waals surface area contributed by atoms with Gasteiger partial charge in [-0.15, -0.1) is 0 Å². The number of methoxy groups -OCH3 is 1. The van der Waals surface area contributed by atoms with Gasteiger partial charge in [-0.3, -0.25) is 4.79 Å². The van der Waals surface area contributed by atoms with Crippen LogP contribution in [0.3, 0.4) is 0 Å². The van der Waals surface area contributed by atoms with Crippen LogP contribution in [-0.4, -0.2) is 26.2 Å². The first-order chi connectivity index (χ1) is 7.67. The first-order valence-electron chi connectivity index (χ1n) is 4.89. The average molecular weight is 220 g/mol. The summed E-state index contributed by atoms with van der Waals surface area (Å²) < 4.78 is 4.57. The van der Waals surface area contributed by atoms with E-state index in [4.69, 9.17) is 0 Å². The monoisotopic (exact) mass is 220 g/mol. The van der Waals surface area contributed by atoms with Crippen molar-refractivity contribution in [2.24, 2.45) is 0 Å². The number of anilines is 2. The summed E-state index contributed by atoms with van der Waals surface area (Å²) in [5.74, 6) is -0.255. The fraction of sp³-hybridized carbons (Fsp3) is 0.273. The topological polar surface area (TPSA) is 58.6 Å². The molecule has 2 rings (SSSR count). The van der Waals surface area contributed by atoms with Gasteiger partial charge >= 0.3 is 6.09 Å². The van der Waals surface area contributed by atoms with E-state index in [0.717, 1.165) is 16.2 Å². The van der Waals surface area contributed by atoms with Crippen molar-refractivity contribution < 1.29 is 14.3 Å². The molecule has 0 fully saturated rings. The van der Waals surface area contributed by atoms with Gasteiger partial charge < -0.3 is 10.1 Å². The van der Waals surface area contributed by atoms with Crippen molar-refractivity contribution in [3.63, 3.8) is 0 Å².